The zero-order valence-corrected chi connectivity index (χ0v) is 14.1. The number of fused-ring (bicyclic) bond motifs is 1. The van der Waals surface area contributed by atoms with E-state index in [2.05, 4.69) is 36.2 Å². The number of hydrogen-bond donors (Lipinski definition) is 1. The van der Waals surface area contributed by atoms with Gasteiger partial charge in [-0.1, -0.05) is 0 Å². The van der Waals surface area contributed by atoms with E-state index in [0.29, 0.717) is 5.82 Å². The number of nitrogens with zero attached hydrogens (tertiary/aromatic N) is 5. The molecular formula is C18H20N6O. The van der Waals surface area contributed by atoms with Crippen LogP contribution in [0.5, 0.6) is 0 Å². The summed E-state index contributed by atoms with van der Waals surface area (Å²) in [5.74, 6) is 1.69. The summed E-state index contributed by atoms with van der Waals surface area (Å²) in [6, 6.07) is 6.04. The third kappa shape index (κ3) is 3.23. The fourth-order valence-corrected chi connectivity index (χ4v) is 2.99. The Kier molecular flexibility index (Phi) is 4.39. The van der Waals surface area contributed by atoms with E-state index in [9.17, 15) is 0 Å². The first-order chi connectivity index (χ1) is 12.3. The summed E-state index contributed by atoms with van der Waals surface area (Å²) in [6.07, 6.45) is 6.25. The Morgan fingerprint density at radius 3 is 2.84 bits per heavy atom. The summed E-state index contributed by atoms with van der Waals surface area (Å²) in [5, 5.41) is 3.09. The molecule has 0 aromatic carbocycles. The Bertz CT molecular complexity index is 859. The van der Waals surface area contributed by atoms with Crippen molar-refractivity contribution in [1.82, 2.24) is 19.9 Å². The van der Waals surface area contributed by atoms with Crippen molar-refractivity contribution >= 4 is 22.7 Å². The Morgan fingerprint density at radius 1 is 1.08 bits per heavy atom. The smallest absolute Gasteiger partial charge is 0.154 e. The highest BCUT2D eigenvalue weighted by Crippen LogP contribution is 2.25. The molecule has 1 aliphatic rings. The predicted octanol–water partition coefficient (Wildman–Crippen LogP) is 2.36. The lowest BCUT2D eigenvalue weighted by Gasteiger charge is -2.20. The molecule has 0 amide bonds. The molecule has 25 heavy (non-hydrogen) atoms. The van der Waals surface area contributed by atoms with Crippen molar-refractivity contribution < 1.29 is 4.74 Å². The highest BCUT2D eigenvalue weighted by atomic mass is 16.5. The summed E-state index contributed by atoms with van der Waals surface area (Å²) in [7, 11) is 1.84. The zero-order valence-electron chi connectivity index (χ0n) is 14.1. The van der Waals surface area contributed by atoms with E-state index in [0.717, 1.165) is 60.8 Å². The van der Waals surface area contributed by atoms with Gasteiger partial charge in [0.1, 0.15) is 11.3 Å². The topological polar surface area (TPSA) is 76.1 Å². The summed E-state index contributed by atoms with van der Waals surface area (Å²) < 4.78 is 5.51. The molecule has 3 aromatic rings. The van der Waals surface area contributed by atoms with Crippen molar-refractivity contribution in [2.24, 2.45) is 0 Å². The second-order valence-corrected chi connectivity index (χ2v) is 5.89. The fourth-order valence-electron chi connectivity index (χ4n) is 2.99. The Hall–Kier alpha value is -2.80. The van der Waals surface area contributed by atoms with Gasteiger partial charge in [0.25, 0.3) is 0 Å². The Balaban J connectivity index is 1.66. The molecule has 0 bridgehead atoms. The van der Waals surface area contributed by atoms with Crippen LogP contribution in [-0.4, -0.2) is 53.3 Å². The average Bonchev–Trinajstić information content (AvgIpc) is 2.97. The maximum Gasteiger partial charge on any atom is 0.154 e. The van der Waals surface area contributed by atoms with Crippen molar-refractivity contribution in [3.63, 3.8) is 0 Å². The number of ether oxygens (including phenoxy) is 1. The molecular weight excluding hydrogens is 316 g/mol. The van der Waals surface area contributed by atoms with Crippen molar-refractivity contribution in [3.05, 3.63) is 36.8 Å². The Morgan fingerprint density at radius 2 is 2.00 bits per heavy atom. The third-order valence-electron chi connectivity index (χ3n) is 4.28. The number of rotatable bonds is 3. The third-order valence-corrected chi connectivity index (χ3v) is 4.28. The summed E-state index contributed by atoms with van der Waals surface area (Å²) in [6.45, 7) is 3.42. The minimum absolute atomic E-state index is 0.717. The number of aromatic nitrogens is 4. The van der Waals surface area contributed by atoms with Gasteiger partial charge in [0.05, 0.1) is 17.8 Å². The monoisotopic (exact) mass is 336 g/mol. The van der Waals surface area contributed by atoms with Crippen LogP contribution in [0.2, 0.25) is 0 Å². The molecule has 1 fully saturated rings. The van der Waals surface area contributed by atoms with Crippen molar-refractivity contribution in [2.45, 2.75) is 6.42 Å². The minimum atomic E-state index is 0.717. The van der Waals surface area contributed by atoms with Crippen molar-refractivity contribution in [1.29, 1.82) is 0 Å². The van der Waals surface area contributed by atoms with Gasteiger partial charge in [-0.25, -0.2) is 15.0 Å². The van der Waals surface area contributed by atoms with E-state index in [1.807, 2.05) is 25.4 Å². The minimum Gasteiger partial charge on any atom is -0.380 e. The van der Waals surface area contributed by atoms with Gasteiger partial charge in [0.15, 0.2) is 5.82 Å². The molecule has 7 heteroatoms. The number of anilines is 2. The number of hydrogen-bond acceptors (Lipinski definition) is 7. The maximum atomic E-state index is 5.51. The van der Waals surface area contributed by atoms with Gasteiger partial charge in [0, 0.05) is 50.9 Å². The fraction of sp³-hybridized carbons (Fsp3) is 0.333. The summed E-state index contributed by atoms with van der Waals surface area (Å²) in [5.41, 5.74) is 3.36. The lowest BCUT2D eigenvalue weighted by molar-refractivity contribution is 0.152. The lowest BCUT2D eigenvalue weighted by atomic mass is 10.1. The van der Waals surface area contributed by atoms with Gasteiger partial charge >= 0.3 is 0 Å². The van der Waals surface area contributed by atoms with Crippen LogP contribution in [0.25, 0.3) is 22.3 Å². The zero-order chi connectivity index (χ0) is 17.1. The van der Waals surface area contributed by atoms with Crippen LogP contribution < -0.4 is 10.2 Å². The molecule has 0 atom stereocenters. The Labute approximate surface area is 146 Å². The molecule has 4 heterocycles. The van der Waals surface area contributed by atoms with Gasteiger partial charge in [-0.3, -0.25) is 4.98 Å². The van der Waals surface area contributed by atoms with Gasteiger partial charge < -0.3 is 15.0 Å². The van der Waals surface area contributed by atoms with Crippen LogP contribution >= 0.6 is 0 Å². The first-order valence-electron chi connectivity index (χ1n) is 8.44. The molecule has 0 aliphatic carbocycles. The van der Waals surface area contributed by atoms with E-state index < -0.39 is 0 Å². The molecule has 4 rings (SSSR count). The largest absolute Gasteiger partial charge is 0.380 e. The lowest BCUT2D eigenvalue weighted by Crippen LogP contribution is -2.26. The first-order valence-corrected chi connectivity index (χ1v) is 8.44. The molecule has 0 spiro atoms. The van der Waals surface area contributed by atoms with Crippen LogP contribution in [0, 0.1) is 0 Å². The molecule has 1 aliphatic heterocycles. The predicted molar refractivity (Wildman–Crippen MR) is 97.8 cm³/mol. The van der Waals surface area contributed by atoms with Crippen LogP contribution in [-0.2, 0) is 4.74 Å². The molecule has 0 radical (unpaired) electrons. The van der Waals surface area contributed by atoms with Crippen molar-refractivity contribution in [2.75, 3.05) is 43.6 Å². The average molecular weight is 336 g/mol. The second-order valence-electron chi connectivity index (χ2n) is 5.89. The highest BCUT2D eigenvalue weighted by molar-refractivity contribution is 5.88. The van der Waals surface area contributed by atoms with Crippen molar-refractivity contribution in [3.8, 4) is 11.3 Å². The van der Waals surface area contributed by atoms with E-state index in [4.69, 9.17) is 4.74 Å². The van der Waals surface area contributed by atoms with E-state index in [1.54, 1.807) is 12.4 Å². The molecule has 1 N–H and O–H groups in total. The van der Waals surface area contributed by atoms with E-state index in [1.165, 1.54) is 0 Å². The van der Waals surface area contributed by atoms with Crippen LogP contribution in [0.15, 0.2) is 36.8 Å². The SMILES string of the molecule is CNc1nc(-c2ccc(N3CCCOCC3)nc2)cc2nccnc12. The quantitative estimate of drug-likeness (QED) is 0.787. The van der Waals surface area contributed by atoms with E-state index >= 15 is 0 Å². The van der Waals surface area contributed by atoms with Gasteiger partial charge in [-0.05, 0) is 24.6 Å². The van der Waals surface area contributed by atoms with Gasteiger partial charge in [-0.15, -0.1) is 0 Å². The van der Waals surface area contributed by atoms with Gasteiger partial charge in [-0.2, -0.15) is 0 Å². The van der Waals surface area contributed by atoms with Crippen LogP contribution in [0.4, 0.5) is 11.6 Å². The first kappa shape index (κ1) is 15.7. The van der Waals surface area contributed by atoms with Gasteiger partial charge in [0.2, 0.25) is 0 Å². The molecule has 3 aromatic heterocycles. The van der Waals surface area contributed by atoms with Crippen LogP contribution in [0.1, 0.15) is 6.42 Å². The second kappa shape index (κ2) is 6.98. The molecule has 0 unspecified atom stereocenters. The molecule has 128 valence electrons. The number of pyridine rings is 2. The number of nitrogens with one attached hydrogen (secondary N) is 1. The normalized spacial score (nSPS) is 15.2. The molecule has 7 nitrogen and oxygen atoms in total. The molecule has 1 saturated heterocycles. The summed E-state index contributed by atoms with van der Waals surface area (Å²) >= 11 is 0. The standard InChI is InChI=1S/C18H20N6O/c1-19-18-17-15(20-5-6-21-17)11-14(23-18)13-3-4-16(22-12-13)24-7-2-9-25-10-8-24/h3-6,11-12H,2,7-10H2,1H3,(H,19,23). The van der Waals surface area contributed by atoms with Crippen LogP contribution in [0.3, 0.4) is 0 Å². The highest BCUT2D eigenvalue weighted by Gasteiger charge is 2.13. The summed E-state index contributed by atoms with van der Waals surface area (Å²) in [4.78, 5) is 20.3. The molecule has 0 saturated carbocycles. The maximum absolute atomic E-state index is 5.51. The van der Waals surface area contributed by atoms with E-state index in [-0.39, 0.29) is 0 Å².